The van der Waals surface area contributed by atoms with E-state index >= 15 is 0 Å². The van der Waals surface area contributed by atoms with E-state index in [9.17, 15) is 9.18 Å². The van der Waals surface area contributed by atoms with E-state index in [1.54, 1.807) is 6.07 Å². The summed E-state index contributed by atoms with van der Waals surface area (Å²) >= 11 is 0. The highest BCUT2D eigenvalue weighted by atomic mass is 19.1. The average molecular weight is 433 g/mol. The van der Waals surface area contributed by atoms with E-state index in [2.05, 4.69) is 33.3 Å². The Bertz CT molecular complexity index is 1070. The normalized spacial score (nSPS) is 16.4. The van der Waals surface area contributed by atoms with Crippen LogP contribution in [0.5, 0.6) is 0 Å². The highest BCUT2D eigenvalue weighted by Gasteiger charge is 2.27. The molecule has 2 aliphatic rings. The minimum atomic E-state index is -0.239. The number of aryl methyl sites for hydroxylation is 1. The van der Waals surface area contributed by atoms with Crippen LogP contribution >= 0.6 is 0 Å². The minimum absolute atomic E-state index is 0.186. The average Bonchev–Trinajstić information content (AvgIpc) is 3.48. The van der Waals surface area contributed by atoms with Crippen molar-refractivity contribution in [2.24, 2.45) is 5.92 Å². The first kappa shape index (κ1) is 20.7. The topological polar surface area (TPSA) is 52.2 Å². The molecule has 1 fully saturated rings. The molecule has 3 aromatic rings. The van der Waals surface area contributed by atoms with Crippen molar-refractivity contribution in [2.45, 2.75) is 32.1 Å². The quantitative estimate of drug-likeness (QED) is 0.626. The van der Waals surface area contributed by atoms with Crippen LogP contribution in [0.3, 0.4) is 0 Å². The van der Waals surface area contributed by atoms with E-state index in [0.29, 0.717) is 18.8 Å². The van der Waals surface area contributed by atoms with Crippen molar-refractivity contribution in [3.8, 4) is 11.1 Å². The molecule has 0 bridgehead atoms. The molecule has 2 aliphatic heterocycles. The van der Waals surface area contributed by atoms with Crippen molar-refractivity contribution in [3.05, 3.63) is 71.8 Å². The number of hydrogen-bond donors (Lipinski definition) is 1. The summed E-state index contributed by atoms with van der Waals surface area (Å²) in [6.07, 6.45) is 8.02. The van der Waals surface area contributed by atoms with Gasteiger partial charge in [-0.2, -0.15) is 5.10 Å². The van der Waals surface area contributed by atoms with Crippen LogP contribution < -0.4 is 4.90 Å². The number of carbonyl (C=O) groups excluding carboxylic acids is 1. The summed E-state index contributed by atoms with van der Waals surface area (Å²) in [5.74, 6) is 0.560. The van der Waals surface area contributed by atoms with E-state index in [0.717, 1.165) is 56.6 Å². The predicted molar refractivity (Wildman–Crippen MR) is 124 cm³/mol. The van der Waals surface area contributed by atoms with Crippen LogP contribution in [0.25, 0.3) is 11.1 Å². The number of fused-ring (bicyclic) bond motifs is 1. The molecule has 0 atom stereocenters. The van der Waals surface area contributed by atoms with Gasteiger partial charge in [0.1, 0.15) is 5.82 Å². The highest BCUT2D eigenvalue weighted by Crippen LogP contribution is 2.33. The number of H-pyrrole nitrogens is 1. The number of aromatic amines is 1. The Hall–Kier alpha value is -3.15. The second-order valence-electron chi connectivity index (χ2n) is 8.98. The summed E-state index contributed by atoms with van der Waals surface area (Å²) in [5, 5.41) is 6.94. The minimum Gasteiger partial charge on any atom is -0.371 e. The van der Waals surface area contributed by atoms with Gasteiger partial charge in [-0.1, -0.05) is 18.2 Å². The van der Waals surface area contributed by atoms with Crippen molar-refractivity contribution in [1.29, 1.82) is 0 Å². The molecule has 32 heavy (non-hydrogen) atoms. The van der Waals surface area contributed by atoms with Gasteiger partial charge in [-0.15, -0.1) is 0 Å². The van der Waals surface area contributed by atoms with Gasteiger partial charge in [-0.05, 0) is 72.6 Å². The molecule has 0 unspecified atom stereocenters. The fourth-order valence-electron chi connectivity index (χ4n) is 5.03. The van der Waals surface area contributed by atoms with Gasteiger partial charge in [0.05, 0.1) is 6.20 Å². The highest BCUT2D eigenvalue weighted by molar-refractivity contribution is 5.76. The van der Waals surface area contributed by atoms with Gasteiger partial charge in [-0.25, -0.2) is 4.39 Å². The molecule has 0 saturated carbocycles. The number of nitrogens with zero attached hydrogens (tertiary/aromatic N) is 3. The summed E-state index contributed by atoms with van der Waals surface area (Å²) in [5.41, 5.74) is 5.99. The van der Waals surface area contributed by atoms with Crippen LogP contribution in [0.15, 0.2) is 54.9 Å². The SMILES string of the molecule is O=C(CCc1cccc(F)c1)N1CCC(CN2CCc3cc(-c4cn[nH]c4)ccc32)CC1. The van der Waals surface area contributed by atoms with Crippen LogP contribution in [0.4, 0.5) is 10.1 Å². The lowest BCUT2D eigenvalue weighted by molar-refractivity contribution is -0.132. The van der Waals surface area contributed by atoms with Gasteiger partial charge in [0.2, 0.25) is 5.91 Å². The third kappa shape index (κ3) is 4.54. The number of aromatic nitrogens is 2. The third-order valence-electron chi connectivity index (χ3n) is 6.87. The molecule has 0 radical (unpaired) electrons. The number of piperidine rings is 1. The molecule has 1 saturated heterocycles. The lowest BCUT2D eigenvalue weighted by Crippen LogP contribution is -2.41. The van der Waals surface area contributed by atoms with E-state index in [1.807, 2.05) is 23.4 Å². The Balaban J connectivity index is 1.11. The standard InChI is InChI=1S/C26H29FN4O/c27-24-3-1-2-19(14-24)4-7-26(32)30-11-8-20(9-12-30)18-31-13-10-22-15-21(5-6-25(22)31)23-16-28-29-17-23/h1-3,5-6,14-17,20H,4,7-13,18H2,(H,28,29). The van der Waals surface area contributed by atoms with Gasteiger partial charge in [0.15, 0.2) is 0 Å². The second-order valence-corrected chi connectivity index (χ2v) is 8.98. The summed E-state index contributed by atoms with van der Waals surface area (Å²) in [4.78, 5) is 17.1. The van der Waals surface area contributed by atoms with Crippen LogP contribution in [-0.4, -0.2) is 47.2 Å². The summed E-state index contributed by atoms with van der Waals surface area (Å²) in [7, 11) is 0. The van der Waals surface area contributed by atoms with Gasteiger partial charge in [0.25, 0.3) is 0 Å². The maximum absolute atomic E-state index is 13.3. The van der Waals surface area contributed by atoms with Crippen molar-refractivity contribution in [1.82, 2.24) is 15.1 Å². The lowest BCUT2D eigenvalue weighted by Gasteiger charge is -2.34. The van der Waals surface area contributed by atoms with Gasteiger partial charge >= 0.3 is 0 Å². The smallest absolute Gasteiger partial charge is 0.222 e. The second kappa shape index (κ2) is 9.15. The maximum atomic E-state index is 13.3. The number of nitrogens with one attached hydrogen (secondary N) is 1. The van der Waals surface area contributed by atoms with Gasteiger partial charge < -0.3 is 9.80 Å². The van der Waals surface area contributed by atoms with Crippen molar-refractivity contribution >= 4 is 11.6 Å². The number of anilines is 1. The Morgan fingerprint density at radius 1 is 1.09 bits per heavy atom. The molecule has 5 rings (SSSR count). The van der Waals surface area contributed by atoms with Crippen LogP contribution in [-0.2, 0) is 17.6 Å². The van der Waals surface area contributed by atoms with E-state index < -0.39 is 0 Å². The van der Waals surface area contributed by atoms with Crippen LogP contribution in [0.1, 0.15) is 30.4 Å². The number of halogens is 1. The van der Waals surface area contributed by atoms with Crippen molar-refractivity contribution in [3.63, 3.8) is 0 Å². The third-order valence-corrected chi connectivity index (χ3v) is 6.87. The number of amides is 1. The molecule has 2 aromatic carbocycles. The monoisotopic (exact) mass is 432 g/mol. The number of carbonyl (C=O) groups is 1. The fourth-order valence-corrected chi connectivity index (χ4v) is 5.03. The van der Waals surface area contributed by atoms with Gasteiger partial charge in [-0.3, -0.25) is 9.89 Å². The molecule has 3 heterocycles. The largest absolute Gasteiger partial charge is 0.371 e. The molecule has 1 N–H and O–H groups in total. The van der Waals surface area contributed by atoms with E-state index in [1.165, 1.54) is 28.9 Å². The van der Waals surface area contributed by atoms with Gasteiger partial charge in [0, 0.05) is 50.0 Å². The number of likely N-dealkylation sites (tertiary alicyclic amines) is 1. The molecular weight excluding hydrogens is 403 g/mol. The zero-order valence-electron chi connectivity index (χ0n) is 18.3. The Morgan fingerprint density at radius 3 is 2.75 bits per heavy atom. The van der Waals surface area contributed by atoms with E-state index in [-0.39, 0.29) is 11.7 Å². The first-order valence-corrected chi connectivity index (χ1v) is 11.5. The molecular formula is C26H29FN4O. The van der Waals surface area contributed by atoms with Crippen LogP contribution in [0.2, 0.25) is 0 Å². The zero-order chi connectivity index (χ0) is 21.9. The Kier molecular flexibility index (Phi) is 5.93. The van der Waals surface area contributed by atoms with Crippen molar-refractivity contribution in [2.75, 3.05) is 31.1 Å². The van der Waals surface area contributed by atoms with E-state index in [4.69, 9.17) is 0 Å². The first-order chi connectivity index (χ1) is 15.7. The van der Waals surface area contributed by atoms with Crippen LogP contribution in [0, 0.1) is 11.7 Å². The molecule has 166 valence electrons. The molecule has 1 aromatic heterocycles. The number of rotatable bonds is 6. The molecule has 6 heteroatoms. The summed E-state index contributed by atoms with van der Waals surface area (Å²) in [6, 6.07) is 13.3. The Morgan fingerprint density at radius 2 is 1.97 bits per heavy atom. The zero-order valence-corrected chi connectivity index (χ0v) is 18.3. The number of benzene rings is 2. The lowest BCUT2D eigenvalue weighted by atomic mass is 9.95. The van der Waals surface area contributed by atoms with Crippen molar-refractivity contribution < 1.29 is 9.18 Å². The molecule has 0 spiro atoms. The number of hydrogen-bond acceptors (Lipinski definition) is 3. The maximum Gasteiger partial charge on any atom is 0.222 e. The molecule has 5 nitrogen and oxygen atoms in total. The predicted octanol–water partition coefficient (Wildman–Crippen LogP) is 4.45. The summed E-state index contributed by atoms with van der Waals surface area (Å²) < 4.78 is 13.3. The summed E-state index contributed by atoms with van der Waals surface area (Å²) in [6.45, 7) is 3.78. The fraction of sp³-hybridized carbons (Fsp3) is 0.385. The first-order valence-electron chi connectivity index (χ1n) is 11.5. The molecule has 0 aliphatic carbocycles. The molecule has 1 amide bonds. The Labute approximate surface area is 188 Å².